The van der Waals surface area contributed by atoms with Crippen LogP contribution in [0.3, 0.4) is 0 Å². The summed E-state index contributed by atoms with van der Waals surface area (Å²) in [5.74, 6) is 0.113. The quantitative estimate of drug-likeness (QED) is 0.846. The van der Waals surface area contributed by atoms with Crippen LogP contribution in [-0.4, -0.2) is 19.0 Å². The SMILES string of the molecule is CC(C)CNC(=O)CNCc1cc(F)ccc1Br. The summed E-state index contributed by atoms with van der Waals surface area (Å²) in [5.41, 5.74) is 0.798. The van der Waals surface area contributed by atoms with Crippen LogP contribution < -0.4 is 10.6 Å². The van der Waals surface area contributed by atoms with Crippen LogP contribution in [-0.2, 0) is 11.3 Å². The summed E-state index contributed by atoms with van der Waals surface area (Å²) < 4.78 is 13.8. The third-order valence-electron chi connectivity index (χ3n) is 2.32. The van der Waals surface area contributed by atoms with Gasteiger partial charge in [0.2, 0.25) is 5.91 Å². The molecule has 0 atom stereocenters. The van der Waals surface area contributed by atoms with E-state index in [2.05, 4.69) is 26.6 Å². The standard InChI is InChI=1S/C13H18BrFN2O/c1-9(2)6-17-13(18)8-16-7-10-5-11(15)3-4-12(10)14/h3-5,9,16H,6-8H2,1-2H3,(H,17,18). The molecule has 1 aromatic carbocycles. The minimum atomic E-state index is -0.278. The van der Waals surface area contributed by atoms with Crippen LogP contribution in [0.2, 0.25) is 0 Å². The fraction of sp³-hybridized carbons (Fsp3) is 0.462. The summed E-state index contributed by atoms with van der Waals surface area (Å²) in [7, 11) is 0. The van der Waals surface area contributed by atoms with E-state index in [1.165, 1.54) is 12.1 Å². The van der Waals surface area contributed by atoms with Crippen molar-refractivity contribution in [3.05, 3.63) is 34.1 Å². The van der Waals surface area contributed by atoms with Crippen molar-refractivity contribution in [2.75, 3.05) is 13.1 Å². The second-order valence-electron chi connectivity index (χ2n) is 4.54. The van der Waals surface area contributed by atoms with Gasteiger partial charge in [0.15, 0.2) is 0 Å². The minimum Gasteiger partial charge on any atom is -0.355 e. The number of rotatable bonds is 6. The Bertz CT molecular complexity index is 410. The molecular weight excluding hydrogens is 299 g/mol. The van der Waals surface area contributed by atoms with Gasteiger partial charge in [-0.15, -0.1) is 0 Å². The van der Waals surface area contributed by atoms with E-state index in [9.17, 15) is 9.18 Å². The van der Waals surface area contributed by atoms with Crippen LogP contribution in [0.1, 0.15) is 19.4 Å². The average Bonchev–Trinajstić information content (AvgIpc) is 2.31. The molecule has 1 rings (SSSR count). The second-order valence-corrected chi connectivity index (χ2v) is 5.39. The molecule has 0 saturated carbocycles. The largest absolute Gasteiger partial charge is 0.355 e. The molecule has 5 heteroatoms. The fourth-order valence-electron chi connectivity index (χ4n) is 1.37. The van der Waals surface area contributed by atoms with E-state index in [-0.39, 0.29) is 18.3 Å². The maximum absolute atomic E-state index is 13.0. The molecule has 0 heterocycles. The lowest BCUT2D eigenvalue weighted by molar-refractivity contribution is -0.120. The van der Waals surface area contributed by atoms with Gasteiger partial charge < -0.3 is 10.6 Å². The highest BCUT2D eigenvalue weighted by Crippen LogP contribution is 2.17. The van der Waals surface area contributed by atoms with Crippen molar-refractivity contribution in [3.8, 4) is 0 Å². The molecule has 0 aliphatic heterocycles. The van der Waals surface area contributed by atoms with Gasteiger partial charge >= 0.3 is 0 Å². The van der Waals surface area contributed by atoms with E-state index in [0.29, 0.717) is 19.0 Å². The first-order chi connectivity index (χ1) is 8.49. The summed E-state index contributed by atoms with van der Waals surface area (Å²) >= 11 is 3.34. The molecule has 0 unspecified atom stereocenters. The first kappa shape index (κ1) is 15.1. The van der Waals surface area contributed by atoms with Crippen LogP contribution in [0.5, 0.6) is 0 Å². The average molecular weight is 317 g/mol. The number of amides is 1. The summed E-state index contributed by atoms with van der Waals surface area (Å²) in [6, 6.07) is 4.50. The Morgan fingerprint density at radius 2 is 2.17 bits per heavy atom. The first-order valence-electron chi connectivity index (χ1n) is 5.90. The van der Waals surface area contributed by atoms with Crippen LogP contribution in [0.4, 0.5) is 4.39 Å². The van der Waals surface area contributed by atoms with Crippen molar-refractivity contribution in [3.63, 3.8) is 0 Å². The molecule has 18 heavy (non-hydrogen) atoms. The number of nitrogens with one attached hydrogen (secondary N) is 2. The van der Waals surface area contributed by atoms with Crippen LogP contribution in [0, 0.1) is 11.7 Å². The molecule has 0 aliphatic carbocycles. The Morgan fingerprint density at radius 3 is 2.83 bits per heavy atom. The molecule has 0 aromatic heterocycles. The van der Waals surface area contributed by atoms with Gasteiger partial charge in [0, 0.05) is 17.6 Å². The third-order valence-corrected chi connectivity index (χ3v) is 3.09. The predicted octanol–water partition coefficient (Wildman–Crippen LogP) is 2.45. The van der Waals surface area contributed by atoms with Gasteiger partial charge in [0.1, 0.15) is 5.82 Å². The van der Waals surface area contributed by atoms with Crippen LogP contribution in [0.15, 0.2) is 22.7 Å². The van der Waals surface area contributed by atoms with Crippen molar-refractivity contribution >= 4 is 21.8 Å². The lowest BCUT2D eigenvalue weighted by Gasteiger charge is -2.09. The van der Waals surface area contributed by atoms with Gasteiger partial charge in [-0.25, -0.2) is 4.39 Å². The van der Waals surface area contributed by atoms with Gasteiger partial charge in [-0.2, -0.15) is 0 Å². The molecule has 0 bridgehead atoms. The van der Waals surface area contributed by atoms with E-state index >= 15 is 0 Å². The zero-order valence-corrected chi connectivity index (χ0v) is 12.2. The number of carbonyl (C=O) groups excluding carboxylic acids is 1. The highest BCUT2D eigenvalue weighted by molar-refractivity contribution is 9.10. The predicted molar refractivity (Wildman–Crippen MR) is 73.7 cm³/mol. The number of carbonyl (C=O) groups is 1. The topological polar surface area (TPSA) is 41.1 Å². The van der Waals surface area contributed by atoms with E-state index in [1.807, 2.05) is 13.8 Å². The highest BCUT2D eigenvalue weighted by Gasteiger charge is 2.04. The van der Waals surface area contributed by atoms with Crippen molar-refractivity contribution in [1.82, 2.24) is 10.6 Å². The molecule has 1 amide bonds. The smallest absolute Gasteiger partial charge is 0.233 e. The van der Waals surface area contributed by atoms with Crippen LogP contribution >= 0.6 is 15.9 Å². The maximum Gasteiger partial charge on any atom is 0.233 e. The zero-order valence-electron chi connectivity index (χ0n) is 10.6. The number of hydrogen-bond donors (Lipinski definition) is 2. The molecule has 0 spiro atoms. The monoisotopic (exact) mass is 316 g/mol. The highest BCUT2D eigenvalue weighted by atomic mass is 79.9. The maximum atomic E-state index is 13.0. The van der Waals surface area contributed by atoms with Gasteiger partial charge in [0.05, 0.1) is 6.54 Å². The summed E-state index contributed by atoms with van der Waals surface area (Å²) in [5, 5.41) is 5.79. The third kappa shape index (κ3) is 5.60. The molecule has 2 N–H and O–H groups in total. The van der Waals surface area contributed by atoms with Crippen molar-refractivity contribution < 1.29 is 9.18 Å². The number of hydrogen-bond acceptors (Lipinski definition) is 2. The molecule has 1 aromatic rings. The summed E-state index contributed by atoms with van der Waals surface area (Å²) in [4.78, 5) is 11.4. The Hall–Kier alpha value is -0.940. The van der Waals surface area contributed by atoms with Crippen molar-refractivity contribution in [1.29, 1.82) is 0 Å². The Morgan fingerprint density at radius 1 is 1.44 bits per heavy atom. The van der Waals surface area contributed by atoms with Crippen molar-refractivity contribution in [2.24, 2.45) is 5.92 Å². The molecule has 0 fully saturated rings. The van der Waals surface area contributed by atoms with E-state index in [0.717, 1.165) is 10.0 Å². The van der Waals surface area contributed by atoms with E-state index < -0.39 is 0 Å². The van der Waals surface area contributed by atoms with E-state index in [4.69, 9.17) is 0 Å². The van der Waals surface area contributed by atoms with E-state index in [1.54, 1.807) is 6.07 Å². The fourth-order valence-corrected chi connectivity index (χ4v) is 1.76. The summed E-state index contributed by atoms with van der Waals surface area (Å²) in [6.07, 6.45) is 0. The first-order valence-corrected chi connectivity index (χ1v) is 6.69. The zero-order chi connectivity index (χ0) is 13.5. The molecule has 0 saturated heterocycles. The van der Waals surface area contributed by atoms with Gasteiger partial charge in [-0.3, -0.25) is 4.79 Å². The number of halogens is 2. The molecule has 100 valence electrons. The molecule has 0 radical (unpaired) electrons. The molecule has 0 aliphatic rings. The minimum absolute atomic E-state index is 0.0452. The van der Waals surface area contributed by atoms with Gasteiger partial charge in [-0.05, 0) is 29.7 Å². The Kier molecular flexibility index (Phi) is 6.29. The Balaban J connectivity index is 2.33. The lowest BCUT2D eigenvalue weighted by atomic mass is 10.2. The van der Waals surface area contributed by atoms with Gasteiger partial charge in [0.25, 0.3) is 0 Å². The lowest BCUT2D eigenvalue weighted by Crippen LogP contribution is -2.35. The van der Waals surface area contributed by atoms with Crippen molar-refractivity contribution in [2.45, 2.75) is 20.4 Å². The molecule has 3 nitrogen and oxygen atoms in total. The normalized spacial score (nSPS) is 10.7. The van der Waals surface area contributed by atoms with Gasteiger partial charge in [-0.1, -0.05) is 29.8 Å². The second kappa shape index (κ2) is 7.48. The molecular formula is C13H18BrFN2O. The van der Waals surface area contributed by atoms with Crippen LogP contribution in [0.25, 0.3) is 0 Å². The Labute approximate surface area is 115 Å². The number of benzene rings is 1. The summed E-state index contributed by atoms with van der Waals surface area (Å²) in [6.45, 7) is 5.43.